The van der Waals surface area contributed by atoms with E-state index in [2.05, 4.69) is 84.2 Å². The molecule has 2 heterocycles. The maximum atomic E-state index is 8.99. The van der Waals surface area contributed by atoms with Crippen LogP contribution in [0.2, 0.25) is 0 Å². The average Bonchev–Trinajstić information content (AvgIpc) is 3.42. The molecule has 1 aromatic heterocycles. The summed E-state index contributed by atoms with van der Waals surface area (Å²) in [5.41, 5.74) is 6.05. The van der Waals surface area contributed by atoms with E-state index in [9.17, 15) is 0 Å². The first-order valence-electron chi connectivity index (χ1n) is 14.8. The topological polar surface area (TPSA) is 65.5 Å². The summed E-state index contributed by atoms with van der Waals surface area (Å²) in [6.07, 6.45) is 9.70. The minimum Gasteiger partial charge on any atom is -0.489 e. The maximum Gasteiger partial charge on any atom is 0.172 e. The molecule has 1 fully saturated rings. The van der Waals surface area contributed by atoms with Crippen LogP contribution in [0.15, 0.2) is 83.1 Å². The first kappa shape index (κ1) is 31.9. The highest BCUT2D eigenvalue weighted by atomic mass is 16.5. The van der Waals surface area contributed by atoms with Gasteiger partial charge in [0.05, 0.1) is 11.8 Å². The third-order valence-corrected chi connectivity index (χ3v) is 7.40. The van der Waals surface area contributed by atoms with Gasteiger partial charge in [-0.05, 0) is 101 Å². The highest BCUT2D eigenvalue weighted by Gasteiger charge is 2.21. The molecule has 0 unspecified atom stereocenters. The van der Waals surface area contributed by atoms with Crippen molar-refractivity contribution < 1.29 is 9.26 Å². The molecule has 0 radical (unpaired) electrons. The highest BCUT2D eigenvalue weighted by molar-refractivity contribution is 5.83. The molecule has 0 saturated carbocycles. The molecule has 41 heavy (non-hydrogen) atoms. The summed E-state index contributed by atoms with van der Waals surface area (Å²) in [5.74, 6) is 1.34. The number of piperidine rings is 1. The van der Waals surface area contributed by atoms with Crippen molar-refractivity contribution in [2.45, 2.75) is 66.2 Å². The molecule has 0 aliphatic carbocycles. The number of benzene rings is 2. The predicted molar refractivity (Wildman–Crippen MR) is 168 cm³/mol. The van der Waals surface area contributed by atoms with Gasteiger partial charge in [0.1, 0.15) is 12.4 Å². The molecule has 2 aromatic carbocycles. The number of likely N-dealkylation sites (tertiary alicyclic amines) is 1. The minimum atomic E-state index is 0.383. The summed E-state index contributed by atoms with van der Waals surface area (Å²) in [6.45, 7) is 14.1. The van der Waals surface area contributed by atoms with Crippen molar-refractivity contribution in [2.75, 3.05) is 27.2 Å². The number of aryl methyl sites for hydroxylation is 1. The number of rotatable bonds is 12. The first-order valence-corrected chi connectivity index (χ1v) is 14.8. The Labute approximate surface area is 246 Å². The molecule has 4 rings (SSSR count). The molecule has 0 amide bonds. The fourth-order valence-corrected chi connectivity index (χ4v) is 5.15. The van der Waals surface area contributed by atoms with E-state index in [0.717, 1.165) is 72.7 Å². The summed E-state index contributed by atoms with van der Waals surface area (Å²) in [4.78, 5) is 4.70. The molecule has 0 spiro atoms. The first-order chi connectivity index (χ1) is 20.0. The van der Waals surface area contributed by atoms with Gasteiger partial charge in [0.2, 0.25) is 0 Å². The van der Waals surface area contributed by atoms with E-state index < -0.39 is 0 Å². The fraction of sp³-hybridized carbons (Fsp3) is 0.429. The Bertz CT molecular complexity index is 1340. The predicted octanol–water partition coefficient (Wildman–Crippen LogP) is 7.82. The smallest absolute Gasteiger partial charge is 0.172 e. The third kappa shape index (κ3) is 9.45. The van der Waals surface area contributed by atoms with E-state index in [0.29, 0.717) is 17.9 Å². The number of allylic oxidation sites excluding steroid dienone is 4. The van der Waals surface area contributed by atoms with E-state index in [1.54, 1.807) is 25.2 Å². The molecule has 218 valence electrons. The van der Waals surface area contributed by atoms with Crippen LogP contribution in [-0.2, 0) is 30.9 Å². The molecule has 1 saturated heterocycles. The lowest BCUT2D eigenvalue weighted by molar-refractivity contribution is 0.172. The molecule has 1 aliphatic rings. The lowest BCUT2D eigenvalue weighted by atomic mass is 9.90. The molecule has 6 heteroatoms. The maximum absolute atomic E-state index is 8.99. The van der Waals surface area contributed by atoms with Gasteiger partial charge in [-0.3, -0.25) is 4.90 Å². The molecule has 3 aromatic rings. The average molecular weight is 555 g/mol. The van der Waals surface area contributed by atoms with Crippen molar-refractivity contribution in [1.82, 2.24) is 15.0 Å². The normalized spacial score (nSPS) is 15.0. The molecular weight excluding hydrogens is 508 g/mol. The molecule has 0 atom stereocenters. The van der Waals surface area contributed by atoms with E-state index in [1.807, 2.05) is 13.8 Å². The monoisotopic (exact) mass is 554 g/mol. The summed E-state index contributed by atoms with van der Waals surface area (Å²) >= 11 is 0. The second-order valence-corrected chi connectivity index (χ2v) is 10.7. The lowest BCUT2D eigenvalue weighted by Crippen LogP contribution is -2.33. The molecule has 6 nitrogen and oxygen atoms in total. The van der Waals surface area contributed by atoms with Crippen LogP contribution < -0.4 is 0 Å². The van der Waals surface area contributed by atoms with E-state index in [-0.39, 0.29) is 0 Å². The van der Waals surface area contributed by atoms with Crippen LogP contribution in [0.5, 0.6) is 0 Å². The van der Waals surface area contributed by atoms with Gasteiger partial charge in [0, 0.05) is 29.6 Å². The van der Waals surface area contributed by atoms with Crippen LogP contribution in [-0.4, -0.2) is 42.1 Å². The minimum absolute atomic E-state index is 0.383. The highest BCUT2D eigenvalue weighted by Crippen LogP contribution is 2.30. The van der Waals surface area contributed by atoms with Crippen molar-refractivity contribution in [3.05, 3.63) is 101 Å². The van der Waals surface area contributed by atoms with E-state index in [1.165, 1.54) is 18.4 Å². The number of nitrogens with zero attached hydrogens (tertiary/aromatic N) is 4. The van der Waals surface area contributed by atoms with Crippen LogP contribution in [0, 0.1) is 17.2 Å². The van der Waals surface area contributed by atoms with Crippen LogP contribution in [0.1, 0.15) is 62.4 Å². The Morgan fingerprint density at radius 1 is 1.15 bits per heavy atom. The van der Waals surface area contributed by atoms with Crippen LogP contribution >= 0.6 is 0 Å². The van der Waals surface area contributed by atoms with Gasteiger partial charge >= 0.3 is 0 Å². The zero-order chi connectivity index (χ0) is 29.6. The number of nitriles is 1. The third-order valence-electron chi connectivity index (χ3n) is 7.40. The van der Waals surface area contributed by atoms with Crippen molar-refractivity contribution >= 4 is 11.0 Å². The van der Waals surface area contributed by atoms with Crippen LogP contribution in [0.4, 0.5) is 0 Å². The van der Waals surface area contributed by atoms with E-state index >= 15 is 0 Å². The van der Waals surface area contributed by atoms with Gasteiger partial charge in [-0.15, -0.1) is 0 Å². The summed E-state index contributed by atoms with van der Waals surface area (Å²) in [5, 5.41) is 14.6. The van der Waals surface area contributed by atoms with Gasteiger partial charge in [0.25, 0.3) is 0 Å². The van der Waals surface area contributed by atoms with Crippen molar-refractivity contribution in [1.29, 1.82) is 5.26 Å². The van der Waals surface area contributed by atoms with Gasteiger partial charge in [-0.2, -0.15) is 5.26 Å². The standard InChI is InChI=1S/C33H40N4O2.C2H6/c1-5-29(14-11-25(2)21-34)38-24-28-13-15-30-32(35-39-33(30)31(28)23-36(3)4)16-12-26-17-19-37(20-18-26)22-27-9-7-6-8-10-27;1-2/h5-11,13-15,26H,1,12,16-20,22-24H2,2-4H3;1-2H3/b25-11+,29-14+;. The van der Waals surface area contributed by atoms with Crippen molar-refractivity contribution in [3.8, 4) is 6.07 Å². The lowest BCUT2D eigenvalue weighted by Gasteiger charge is -2.32. The Hall–Kier alpha value is -3.66. The zero-order valence-electron chi connectivity index (χ0n) is 25.5. The summed E-state index contributed by atoms with van der Waals surface area (Å²) in [7, 11) is 4.10. The van der Waals surface area contributed by atoms with Crippen molar-refractivity contribution in [2.24, 2.45) is 5.92 Å². The van der Waals surface area contributed by atoms with Crippen LogP contribution in [0.25, 0.3) is 11.0 Å². The number of aromatic nitrogens is 1. The molecule has 1 aliphatic heterocycles. The fourth-order valence-electron chi connectivity index (χ4n) is 5.15. The van der Waals surface area contributed by atoms with Gasteiger partial charge in [-0.1, -0.05) is 62.0 Å². The Morgan fingerprint density at radius 2 is 1.88 bits per heavy atom. The zero-order valence-corrected chi connectivity index (χ0v) is 25.5. The number of ether oxygens (including phenoxy) is 1. The second kappa shape index (κ2) is 16.6. The van der Waals surface area contributed by atoms with Gasteiger partial charge in [0.15, 0.2) is 5.58 Å². The molecule has 0 bridgehead atoms. The molecule has 0 N–H and O–H groups in total. The van der Waals surface area contributed by atoms with Gasteiger partial charge in [-0.25, -0.2) is 0 Å². The van der Waals surface area contributed by atoms with Crippen LogP contribution in [0.3, 0.4) is 0 Å². The Balaban J connectivity index is 0.00000226. The summed E-state index contributed by atoms with van der Waals surface area (Å²) < 4.78 is 12.0. The van der Waals surface area contributed by atoms with E-state index in [4.69, 9.17) is 14.5 Å². The second-order valence-electron chi connectivity index (χ2n) is 10.7. The Morgan fingerprint density at radius 3 is 2.54 bits per heavy atom. The van der Waals surface area contributed by atoms with Gasteiger partial charge < -0.3 is 14.2 Å². The van der Waals surface area contributed by atoms with Crippen molar-refractivity contribution in [3.63, 3.8) is 0 Å². The number of hydrogen-bond donors (Lipinski definition) is 0. The number of hydrogen-bond acceptors (Lipinski definition) is 6. The SMILES string of the molecule is C=C/C(=C\C=C(/C)C#N)OCc1ccc2c(CCC3CCN(Cc4ccccc4)CC3)noc2c1CN(C)C.CC. The number of fused-ring (bicyclic) bond motifs is 1. The largest absolute Gasteiger partial charge is 0.489 e. The molecular formula is C35H46N4O2. The Kier molecular flexibility index (Phi) is 12.9. The summed E-state index contributed by atoms with van der Waals surface area (Å²) in [6, 6.07) is 17.1. The quantitative estimate of drug-likeness (QED) is 0.129.